The molecule has 0 aliphatic carbocycles. The van der Waals surface area contributed by atoms with E-state index < -0.39 is 11.8 Å². The van der Waals surface area contributed by atoms with Gasteiger partial charge in [0.05, 0.1) is 0 Å². The van der Waals surface area contributed by atoms with Gasteiger partial charge in [-0.2, -0.15) is 0 Å². The SMILES string of the molecule is Cc1cccc(C)c1NC(=O)C(=O)NCC1CCN(C(=O)c2cc3ccccc3o2)CC1. The van der Waals surface area contributed by atoms with Gasteiger partial charge in [0.15, 0.2) is 5.76 Å². The van der Waals surface area contributed by atoms with Crippen LogP contribution < -0.4 is 10.6 Å². The maximum absolute atomic E-state index is 12.8. The highest BCUT2D eigenvalue weighted by Crippen LogP contribution is 2.23. The van der Waals surface area contributed by atoms with Gasteiger partial charge in [-0.05, 0) is 55.9 Å². The molecule has 1 aromatic heterocycles. The van der Waals surface area contributed by atoms with Gasteiger partial charge >= 0.3 is 11.8 Å². The predicted octanol–water partition coefficient (Wildman–Crippen LogP) is 3.66. The number of likely N-dealkylation sites (tertiary alicyclic amines) is 1. The molecule has 2 N–H and O–H groups in total. The summed E-state index contributed by atoms with van der Waals surface area (Å²) in [6, 6.07) is 15.0. The Balaban J connectivity index is 1.25. The van der Waals surface area contributed by atoms with Crippen molar-refractivity contribution >= 4 is 34.4 Å². The van der Waals surface area contributed by atoms with Crippen LogP contribution in [0.25, 0.3) is 11.0 Å². The number of hydrogen-bond acceptors (Lipinski definition) is 4. The van der Waals surface area contributed by atoms with E-state index in [1.54, 1.807) is 11.0 Å². The number of amides is 3. The molecule has 4 rings (SSSR count). The number of anilines is 1. The van der Waals surface area contributed by atoms with Gasteiger partial charge in [-0.15, -0.1) is 0 Å². The van der Waals surface area contributed by atoms with Crippen molar-refractivity contribution in [3.8, 4) is 0 Å². The first-order valence-corrected chi connectivity index (χ1v) is 10.9. The summed E-state index contributed by atoms with van der Waals surface area (Å²) in [6.45, 7) is 5.36. The van der Waals surface area contributed by atoms with E-state index >= 15 is 0 Å². The van der Waals surface area contributed by atoms with Gasteiger partial charge in [0.2, 0.25) is 0 Å². The summed E-state index contributed by atoms with van der Waals surface area (Å²) >= 11 is 0. The molecule has 1 aliphatic heterocycles. The van der Waals surface area contributed by atoms with Crippen LogP contribution in [0.3, 0.4) is 0 Å². The summed E-state index contributed by atoms with van der Waals surface area (Å²) in [7, 11) is 0. The molecule has 0 radical (unpaired) electrons. The van der Waals surface area contributed by atoms with Crippen molar-refractivity contribution in [1.29, 1.82) is 0 Å². The molecule has 2 heterocycles. The first-order valence-electron chi connectivity index (χ1n) is 10.9. The second-order valence-corrected chi connectivity index (χ2v) is 8.32. The molecule has 166 valence electrons. The maximum atomic E-state index is 12.8. The molecule has 7 heteroatoms. The second kappa shape index (κ2) is 9.26. The number of fused-ring (bicyclic) bond motifs is 1. The highest BCUT2D eigenvalue weighted by molar-refractivity contribution is 6.39. The third kappa shape index (κ3) is 4.66. The highest BCUT2D eigenvalue weighted by atomic mass is 16.3. The zero-order valence-electron chi connectivity index (χ0n) is 18.3. The van der Waals surface area contributed by atoms with Crippen LogP contribution in [0.4, 0.5) is 5.69 Å². The molecule has 0 unspecified atom stereocenters. The van der Waals surface area contributed by atoms with Gasteiger partial charge in [0.25, 0.3) is 5.91 Å². The molecular formula is C25H27N3O4. The zero-order chi connectivity index (χ0) is 22.7. The number of furan rings is 1. The first-order chi connectivity index (χ1) is 15.4. The standard InChI is InChI=1S/C25H27N3O4/c1-16-6-5-7-17(2)22(16)27-24(30)23(29)26-15-18-10-12-28(13-11-18)25(31)21-14-19-8-3-4-9-20(19)32-21/h3-9,14,18H,10-13,15H2,1-2H3,(H,26,29)(H,27,30). The number of carbonyl (C=O) groups is 3. The molecule has 1 aliphatic rings. The number of para-hydroxylation sites is 2. The van der Waals surface area contributed by atoms with Crippen LogP contribution in [-0.4, -0.2) is 42.3 Å². The maximum Gasteiger partial charge on any atom is 0.313 e. The predicted molar refractivity (Wildman–Crippen MR) is 122 cm³/mol. The average molecular weight is 434 g/mol. The Morgan fingerprint density at radius 2 is 1.66 bits per heavy atom. The van der Waals surface area contributed by atoms with Gasteiger partial charge < -0.3 is 20.0 Å². The van der Waals surface area contributed by atoms with Crippen molar-refractivity contribution in [1.82, 2.24) is 10.2 Å². The van der Waals surface area contributed by atoms with E-state index in [1.807, 2.05) is 56.3 Å². The van der Waals surface area contributed by atoms with E-state index in [9.17, 15) is 14.4 Å². The van der Waals surface area contributed by atoms with E-state index in [2.05, 4.69) is 10.6 Å². The molecule has 1 fully saturated rings. The first kappa shape index (κ1) is 21.6. The average Bonchev–Trinajstić information content (AvgIpc) is 3.24. The van der Waals surface area contributed by atoms with Crippen LogP contribution in [0, 0.1) is 19.8 Å². The molecule has 7 nitrogen and oxygen atoms in total. The minimum atomic E-state index is -0.667. The molecule has 3 aromatic rings. The van der Waals surface area contributed by atoms with Crippen molar-refractivity contribution in [2.24, 2.45) is 5.92 Å². The third-order valence-electron chi connectivity index (χ3n) is 6.02. The molecule has 3 amide bonds. The van der Waals surface area contributed by atoms with Crippen molar-refractivity contribution < 1.29 is 18.8 Å². The number of nitrogens with one attached hydrogen (secondary N) is 2. The van der Waals surface area contributed by atoms with E-state index in [0.717, 1.165) is 29.4 Å². The van der Waals surface area contributed by atoms with Gasteiger partial charge in [-0.1, -0.05) is 36.4 Å². The summed E-state index contributed by atoms with van der Waals surface area (Å²) < 4.78 is 5.69. The normalized spacial score (nSPS) is 14.4. The van der Waals surface area contributed by atoms with Gasteiger partial charge in [-0.3, -0.25) is 14.4 Å². The lowest BCUT2D eigenvalue weighted by Crippen LogP contribution is -2.43. The number of nitrogens with zero attached hydrogens (tertiary/aromatic N) is 1. The summed E-state index contributed by atoms with van der Waals surface area (Å²) in [5.41, 5.74) is 3.19. The summed E-state index contributed by atoms with van der Waals surface area (Å²) in [4.78, 5) is 39.1. The molecule has 0 saturated carbocycles. The number of piperidine rings is 1. The van der Waals surface area contributed by atoms with E-state index in [4.69, 9.17) is 4.42 Å². The summed E-state index contributed by atoms with van der Waals surface area (Å²) in [5, 5.41) is 6.34. The number of carbonyl (C=O) groups excluding carboxylic acids is 3. The van der Waals surface area contributed by atoms with Crippen LogP contribution in [-0.2, 0) is 9.59 Å². The zero-order valence-corrected chi connectivity index (χ0v) is 18.3. The number of rotatable bonds is 4. The lowest BCUT2D eigenvalue weighted by molar-refractivity contribution is -0.136. The minimum Gasteiger partial charge on any atom is -0.451 e. The summed E-state index contributed by atoms with van der Waals surface area (Å²) in [6.07, 6.45) is 1.51. The summed E-state index contributed by atoms with van der Waals surface area (Å²) in [5.74, 6) is -0.863. The Kier molecular flexibility index (Phi) is 6.25. The molecule has 0 atom stereocenters. The fourth-order valence-corrected chi connectivity index (χ4v) is 4.08. The number of hydrogen-bond donors (Lipinski definition) is 2. The van der Waals surface area contributed by atoms with Crippen molar-refractivity contribution in [2.45, 2.75) is 26.7 Å². The molecule has 0 spiro atoms. The lowest BCUT2D eigenvalue weighted by Gasteiger charge is -2.31. The van der Waals surface area contributed by atoms with Gasteiger partial charge in [0, 0.05) is 30.7 Å². The van der Waals surface area contributed by atoms with Crippen molar-refractivity contribution in [3.05, 3.63) is 65.4 Å². The van der Waals surface area contributed by atoms with Crippen molar-refractivity contribution in [3.63, 3.8) is 0 Å². The Morgan fingerprint density at radius 3 is 2.34 bits per heavy atom. The van der Waals surface area contributed by atoms with Crippen LogP contribution in [0.5, 0.6) is 0 Å². The van der Waals surface area contributed by atoms with Gasteiger partial charge in [-0.25, -0.2) is 0 Å². The molecule has 0 bridgehead atoms. The Morgan fingerprint density at radius 1 is 0.969 bits per heavy atom. The minimum absolute atomic E-state index is 0.114. The van der Waals surface area contributed by atoms with Crippen LogP contribution in [0.15, 0.2) is 52.9 Å². The fourth-order valence-electron chi connectivity index (χ4n) is 4.08. The molecule has 2 aromatic carbocycles. The largest absolute Gasteiger partial charge is 0.451 e. The van der Waals surface area contributed by atoms with E-state index in [-0.39, 0.29) is 11.8 Å². The highest BCUT2D eigenvalue weighted by Gasteiger charge is 2.26. The Bertz CT molecular complexity index is 1110. The molecule has 1 saturated heterocycles. The quantitative estimate of drug-likeness (QED) is 0.615. The van der Waals surface area contributed by atoms with Crippen LogP contribution in [0.2, 0.25) is 0 Å². The van der Waals surface area contributed by atoms with Crippen molar-refractivity contribution in [2.75, 3.05) is 25.0 Å². The molecular weight excluding hydrogens is 406 g/mol. The Labute approximate surface area is 186 Å². The van der Waals surface area contributed by atoms with Gasteiger partial charge in [0.1, 0.15) is 5.58 Å². The van der Waals surface area contributed by atoms with E-state index in [0.29, 0.717) is 36.7 Å². The van der Waals surface area contributed by atoms with E-state index in [1.165, 1.54) is 0 Å². The number of aryl methyl sites for hydroxylation is 2. The van der Waals surface area contributed by atoms with Crippen LogP contribution in [0.1, 0.15) is 34.5 Å². The smallest absolute Gasteiger partial charge is 0.313 e. The Hall–Kier alpha value is -3.61. The van der Waals surface area contributed by atoms with Crippen LogP contribution >= 0.6 is 0 Å². The lowest BCUT2D eigenvalue weighted by atomic mass is 9.96. The second-order valence-electron chi connectivity index (χ2n) is 8.32. The fraction of sp³-hybridized carbons (Fsp3) is 0.320. The molecule has 32 heavy (non-hydrogen) atoms. The third-order valence-corrected chi connectivity index (χ3v) is 6.02. The number of benzene rings is 2. The monoisotopic (exact) mass is 433 g/mol. The topological polar surface area (TPSA) is 91.7 Å².